The second-order valence-electron chi connectivity index (χ2n) is 7.98. The highest BCUT2D eigenvalue weighted by molar-refractivity contribution is 6.32. The number of alkyl halides is 7. The molecule has 1 fully saturated rings. The van der Waals surface area contributed by atoms with E-state index in [1.54, 1.807) is 0 Å². The summed E-state index contributed by atoms with van der Waals surface area (Å²) in [6.07, 6.45) is -2.71. The zero-order valence-electron chi connectivity index (χ0n) is 18.0. The zero-order chi connectivity index (χ0) is 26.0. The Balaban J connectivity index is 2.07. The number of carbonyl (C=O) groups excluding carboxylic acids is 2. The van der Waals surface area contributed by atoms with Crippen molar-refractivity contribution in [3.05, 3.63) is 48.5 Å². The summed E-state index contributed by atoms with van der Waals surface area (Å²) in [5.74, 6) is -6.04. The average Bonchev–Trinajstić information content (AvgIpc) is 3.12. The summed E-state index contributed by atoms with van der Waals surface area (Å²) in [5.41, 5.74) is -5.06. The summed E-state index contributed by atoms with van der Waals surface area (Å²) in [6.45, 7) is 1.19. The molecule has 0 spiro atoms. The maximum Gasteiger partial charge on any atom is 0.573 e. The number of nitrogens with one attached hydrogen (secondary N) is 1. The molecule has 3 atom stereocenters. The second kappa shape index (κ2) is 9.88. The Morgan fingerprint density at radius 2 is 1.80 bits per heavy atom. The van der Waals surface area contributed by atoms with Crippen molar-refractivity contribution in [2.45, 2.75) is 55.7 Å². The van der Waals surface area contributed by atoms with Crippen LogP contribution in [-0.4, -0.2) is 45.7 Å². The van der Waals surface area contributed by atoms with Crippen molar-refractivity contribution in [1.82, 2.24) is 15.3 Å². The molecule has 0 aliphatic heterocycles. The second-order valence-corrected chi connectivity index (χ2v) is 8.37. The van der Waals surface area contributed by atoms with Crippen LogP contribution in [0.15, 0.2) is 43.0 Å². The predicted octanol–water partition coefficient (Wildman–Crippen LogP) is 4.46. The minimum atomic E-state index is -4.99. The first-order valence-electron chi connectivity index (χ1n) is 10.2. The Kier molecular flexibility index (Phi) is 7.48. The monoisotopic (exact) mass is 524 g/mol. The largest absolute Gasteiger partial charge is 0.573 e. The molecule has 1 aromatic heterocycles. The molecule has 1 heterocycles. The molecule has 3 rings (SSSR count). The number of hydrogen-bond acceptors (Lipinski definition) is 5. The lowest BCUT2D eigenvalue weighted by atomic mass is 9.89. The summed E-state index contributed by atoms with van der Waals surface area (Å²) in [4.78, 5) is 34.6. The van der Waals surface area contributed by atoms with E-state index in [0.29, 0.717) is 4.90 Å². The van der Waals surface area contributed by atoms with Gasteiger partial charge in [-0.1, -0.05) is 11.6 Å². The molecular formula is C21H19ClF6N4O3. The third kappa shape index (κ3) is 6.13. The molecule has 2 amide bonds. The van der Waals surface area contributed by atoms with Crippen molar-refractivity contribution < 1.29 is 40.7 Å². The van der Waals surface area contributed by atoms with E-state index >= 15 is 0 Å². The number of benzene rings is 1. The number of hydrogen-bond donors (Lipinski definition) is 1. The van der Waals surface area contributed by atoms with Gasteiger partial charge in [-0.15, -0.1) is 13.2 Å². The third-order valence-electron chi connectivity index (χ3n) is 5.49. The summed E-state index contributed by atoms with van der Waals surface area (Å²) in [7, 11) is 0. The Morgan fingerprint density at radius 3 is 2.29 bits per heavy atom. The fourth-order valence-corrected chi connectivity index (χ4v) is 3.91. The van der Waals surface area contributed by atoms with Gasteiger partial charge in [0.25, 0.3) is 17.4 Å². The molecule has 0 bridgehead atoms. The van der Waals surface area contributed by atoms with Crippen LogP contribution in [0.5, 0.6) is 5.75 Å². The van der Waals surface area contributed by atoms with Crippen LogP contribution in [0, 0.1) is 0 Å². The highest BCUT2D eigenvalue weighted by atomic mass is 35.5. The lowest BCUT2D eigenvalue weighted by Crippen LogP contribution is -2.59. The van der Waals surface area contributed by atoms with Crippen LogP contribution in [0.4, 0.5) is 32.0 Å². The molecule has 2 aromatic rings. The number of anilines is 1. The minimum absolute atomic E-state index is 0.0384. The minimum Gasteiger partial charge on any atom is -0.406 e. The van der Waals surface area contributed by atoms with E-state index in [9.17, 15) is 35.9 Å². The van der Waals surface area contributed by atoms with Gasteiger partial charge < -0.3 is 10.1 Å². The van der Waals surface area contributed by atoms with Crippen LogP contribution in [0.1, 0.15) is 31.7 Å². The Bertz CT molecular complexity index is 1060. The van der Waals surface area contributed by atoms with E-state index in [1.165, 1.54) is 6.92 Å². The van der Waals surface area contributed by atoms with Crippen LogP contribution in [0.3, 0.4) is 0 Å². The van der Waals surface area contributed by atoms with Crippen LogP contribution in [0.25, 0.3) is 0 Å². The predicted molar refractivity (Wildman–Crippen MR) is 111 cm³/mol. The van der Waals surface area contributed by atoms with Gasteiger partial charge in [-0.2, -0.15) is 0 Å². The van der Waals surface area contributed by atoms with Crippen LogP contribution in [-0.2, 0) is 15.1 Å². The fraction of sp³-hybridized carbons (Fsp3) is 0.429. The van der Waals surface area contributed by atoms with E-state index in [0.717, 1.165) is 43.0 Å². The molecule has 190 valence electrons. The third-order valence-corrected chi connectivity index (χ3v) is 5.67. The highest BCUT2D eigenvalue weighted by Gasteiger charge is 2.49. The van der Waals surface area contributed by atoms with Crippen molar-refractivity contribution in [3.8, 4) is 5.75 Å². The lowest BCUT2D eigenvalue weighted by molar-refractivity contribution is -0.274. The van der Waals surface area contributed by atoms with Gasteiger partial charge in [-0.25, -0.2) is 23.1 Å². The molecule has 0 radical (unpaired) electrons. The normalized spacial score (nSPS) is 19.9. The molecule has 35 heavy (non-hydrogen) atoms. The van der Waals surface area contributed by atoms with Gasteiger partial charge in [0.05, 0.1) is 0 Å². The Labute approximate surface area is 200 Å². The first kappa shape index (κ1) is 26.5. The first-order chi connectivity index (χ1) is 16.2. The van der Waals surface area contributed by atoms with E-state index < -0.39 is 59.9 Å². The molecule has 1 aliphatic carbocycles. The van der Waals surface area contributed by atoms with Gasteiger partial charge in [0.2, 0.25) is 5.92 Å². The van der Waals surface area contributed by atoms with Gasteiger partial charge in [0.15, 0.2) is 5.54 Å². The van der Waals surface area contributed by atoms with Crippen LogP contribution >= 0.6 is 11.6 Å². The van der Waals surface area contributed by atoms with Crippen LogP contribution in [0.2, 0.25) is 0 Å². The zero-order valence-corrected chi connectivity index (χ0v) is 18.8. The molecule has 1 aliphatic rings. The Morgan fingerprint density at radius 1 is 1.20 bits per heavy atom. The summed E-state index contributed by atoms with van der Waals surface area (Å²) >= 11 is 5.40. The highest BCUT2D eigenvalue weighted by Crippen LogP contribution is 2.38. The number of amides is 2. The molecule has 1 N–H and O–H groups in total. The van der Waals surface area contributed by atoms with Gasteiger partial charge >= 0.3 is 6.36 Å². The van der Waals surface area contributed by atoms with E-state index in [1.807, 2.05) is 0 Å². The maximum absolute atomic E-state index is 14.1. The summed E-state index contributed by atoms with van der Waals surface area (Å²) < 4.78 is 82.8. The van der Waals surface area contributed by atoms with Gasteiger partial charge in [-0.3, -0.25) is 14.5 Å². The molecule has 7 nitrogen and oxygen atoms in total. The lowest BCUT2D eigenvalue weighted by Gasteiger charge is -2.40. The van der Waals surface area contributed by atoms with E-state index in [-0.39, 0.29) is 17.7 Å². The molecule has 1 saturated carbocycles. The van der Waals surface area contributed by atoms with Gasteiger partial charge in [0, 0.05) is 42.5 Å². The first-order valence-corrected chi connectivity index (χ1v) is 10.6. The average molecular weight is 525 g/mol. The molecular weight excluding hydrogens is 506 g/mol. The van der Waals surface area contributed by atoms with Crippen molar-refractivity contribution in [2.24, 2.45) is 0 Å². The molecule has 0 unspecified atom stereocenters. The maximum atomic E-state index is 14.1. The number of rotatable bonds is 7. The molecule has 1 aromatic carbocycles. The summed E-state index contributed by atoms with van der Waals surface area (Å²) in [6, 6.07) is 2.72. The number of ether oxygens (including phenoxy) is 1. The topological polar surface area (TPSA) is 84.4 Å². The van der Waals surface area contributed by atoms with Crippen molar-refractivity contribution >= 4 is 29.1 Å². The standard InChI is InChI=1S/C21H19ClF6N4O3/c1-19(12-9-29-11-30-10-12,18(34)31-13-6-7-20(24,25)8-13)32(17(33)16(22)23)14-2-4-15(5-3-14)35-21(26,27)28/h2-5,9-11,13,16H,6-8H2,1H3,(H,31,34)/t13-,16-,19-/m0/s1. The van der Waals surface area contributed by atoms with Gasteiger partial charge in [0.1, 0.15) is 12.1 Å². The van der Waals surface area contributed by atoms with E-state index in [2.05, 4.69) is 20.0 Å². The molecule has 0 saturated heterocycles. The summed E-state index contributed by atoms with van der Waals surface area (Å²) in [5, 5.41) is 2.45. The van der Waals surface area contributed by atoms with Crippen molar-refractivity contribution in [1.29, 1.82) is 0 Å². The SMILES string of the molecule is C[C@@](C(=O)N[C@H]1CCC(F)(F)C1)(c1cncnc1)N(C(=O)[C@H](F)Cl)c1ccc(OC(F)(F)F)cc1. The molecule has 14 heteroatoms. The Hall–Kier alpha value is -3.09. The van der Waals surface area contributed by atoms with E-state index in [4.69, 9.17) is 11.6 Å². The fourth-order valence-electron chi connectivity index (χ4n) is 3.81. The van der Waals surface area contributed by atoms with Crippen molar-refractivity contribution in [3.63, 3.8) is 0 Å². The number of nitrogens with zero attached hydrogens (tertiary/aromatic N) is 3. The number of aromatic nitrogens is 2. The van der Waals surface area contributed by atoms with Crippen LogP contribution < -0.4 is 15.0 Å². The van der Waals surface area contributed by atoms with Gasteiger partial charge in [-0.05, 0) is 37.6 Å². The van der Waals surface area contributed by atoms with Crippen molar-refractivity contribution in [2.75, 3.05) is 4.90 Å². The quantitative estimate of drug-likeness (QED) is 0.427. The number of carbonyl (C=O) groups is 2. The number of halogens is 7. The smallest absolute Gasteiger partial charge is 0.406 e.